The van der Waals surface area contributed by atoms with Gasteiger partial charge in [0.25, 0.3) is 5.91 Å². The number of nitrogens with one attached hydrogen (secondary N) is 2. The number of esters is 1. The Morgan fingerprint density at radius 2 is 1.93 bits per heavy atom. The summed E-state index contributed by atoms with van der Waals surface area (Å²) in [4.78, 5) is 49.3. The third-order valence-electron chi connectivity index (χ3n) is 3.86. The highest BCUT2D eigenvalue weighted by Gasteiger charge is 2.26. The van der Waals surface area contributed by atoms with Crippen molar-refractivity contribution in [3.8, 4) is 0 Å². The van der Waals surface area contributed by atoms with Crippen LogP contribution in [0.15, 0.2) is 18.2 Å². The molecule has 0 spiro atoms. The summed E-state index contributed by atoms with van der Waals surface area (Å²) in [5, 5.41) is 4.94. The van der Waals surface area contributed by atoms with Crippen molar-refractivity contribution in [1.29, 1.82) is 0 Å². The van der Waals surface area contributed by atoms with Crippen LogP contribution in [0.1, 0.15) is 44.0 Å². The van der Waals surface area contributed by atoms with E-state index in [9.17, 15) is 19.2 Å². The molecule has 8 nitrogen and oxygen atoms in total. The van der Waals surface area contributed by atoms with Crippen molar-refractivity contribution >= 4 is 41.1 Å². The first kappa shape index (κ1) is 20.7. The Morgan fingerprint density at radius 3 is 2.52 bits per heavy atom. The van der Waals surface area contributed by atoms with Crippen LogP contribution < -0.4 is 15.5 Å². The second-order valence-electron chi connectivity index (χ2n) is 6.48. The van der Waals surface area contributed by atoms with Crippen molar-refractivity contribution in [3.05, 3.63) is 28.8 Å². The van der Waals surface area contributed by atoms with Crippen LogP contribution in [0.5, 0.6) is 0 Å². The average molecular weight is 396 g/mol. The highest BCUT2D eigenvalue weighted by Crippen LogP contribution is 2.30. The normalized spacial score (nSPS) is 14.9. The lowest BCUT2D eigenvalue weighted by Gasteiger charge is -2.19. The van der Waals surface area contributed by atoms with Crippen LogP contribution >= 0.6 is 11.6 Å². The molecule has 4 amide bonds. The van der Waals surface area contributed by atoms with E-state index in [1.54, 1.807) is 13.8 Å². The molecule has 1 atom stereocenters. The lowest BCUT2D eigenvalue weighted by molar-refractivity contribution is -0.127. The van der Waals surface area contributed by atoms with E-state index in [1.807, 2.05) is 0 Å². The standard InChI is InChI=1S/C18H22ClN3O5/c1-10(2)20-18(26)21-16(24)11(3)27-17(25)12-6-7-13(19)14(9-12)22-8-4-5-15(22)23/h6-7,9-11H,4-5,8H2,1-3H3,(H2,20,21,24,26)/t11-/m0/s1. The molecule has 146 valence electrons. The average Bonchev–Trinajstić information content (AvgIpc) is 3.00. The number of imide groups is 1. The van der Waals surface area contributed by atoms with Crippen molar-refractivity contribution in [3.63, 3.8) is 0 Å². The summed E-state index contributed by atoms with van der Waals surface area (Å²) in [6, 6.07) is 3.60. The Bertz CT molecular complexity index is 765. The number of hydrogen-bond donors (Lipinski definition) is 2. The second kappa shape index (κ2) is 8.85. The predicted octanol–water partition coefficient (Wildman–Crippen LogP) is 2.25. The Balaban J connectivity index is 2.04. The van der Waals surface area contributed by atoms with E-state index < -0.39 is 24.0 Å². The molecule has 1 saturated heterocycles. The zero-order chi connectivity index (χ0) is 20.1. The van der Waals surface area contributed by atoms with Gasteiger partial charge in [0.15, 0.2) is 6.10 Å². The number of nitrogens with zero attached hydrogens (tertiary/aromatic N) is 1. The van der Waals surface area contributed by atoms with Gasteiger partial charge in [-0.25, -0.2) is 9.59 Å². The molecule has 27 heavy (non-hydrogen) atoms. The minimum Gasteiger partial charge on any atom is -0.449 e. The van der Waals surface area contributed by atoms with Crippen molar-refractivity contribution in [1.82, 2.24) is 10.6 Å². The van der Waals surface area contributed by atoms with E-state index in [0.717, 1.165) is 6.42 Å². The number of carbonyl (C=O) groups excluding carboxylic acids is 4. The number of amides is 4. The van der Waals surface area contributed by atoms with Gasteiger partial charge in [-0.3, -0.25) is 14.9 Å². The number of ether oxygens (including phenoxy) is 1. The van der Waals surface area contributed by atoms with Crippen LogP contribution in [0.4, 0.5) is 10.5 Å². The van der Waals surface area contributed by atoms with Crippen LogP contribution in [-0.4, -0.2) is 42.5 Å². The van der Waals surface area contributed by atoms with Crippen LogP contribution in [0.3, 0.4) is 0 Å². The Kier molecular flexibility index (Phi) is 6.79. The van der Waals surface area contributed by atoms with Crippen molar-refractivity contribution < 1.29 is 23.9 Å². The zero-order valence-electron chi connectivity index (χ0n) is 15.4. The highest BCUT2D eigenvalue weighted by atomic mass is 35.5. The van der Waals surface area contributed by atoms with Crippen molar-refractivity contribution in [2.45, 2.75) is 45.8 Å². The molecule has 2 rings (SSSR count). The fourth-order valence-electron chi connectivity index (χ4n) is 2.54. The van der Waals surface area contributed by atoms with E-state index in [2.05, 4.69) is 10.6 Å². The molecule has 0 aliphatic carbocycles. The lowest BCUT2D eigenvalue weighted by atomic mass is 10.2. The van der Waals surface area contributed by atoms with Gasteiger partial charge in [-0.2, -0.15) is 0 Å². The van der Waals surface area contributed by atoms with Gasteiger partial charge < -0.3 is 15.0 Å². The van der Waals surface area contributed by atoms with Crippen molar-refractivity contribution in [2.75, 3.05) is 11.4 Å². The van der Waals surface area contributed by atoms with Gasteiger partial charge in [0.2, 0.25) is 5.91 Å². The van der Waals surface area contributed by atoms with E-state index in [-0.39, 0.29) is 17.5 Å². The Morgan fingerprint density at radius 1 is 1.22 bits per heavy atom. The van der Waals surface area contributed by atoms with Crippen LogP contribution in [0.25, 0.3) is 0 Å². The Hall–Kier alpha value is -2.61. The molecule has 9 heteroatoms. The molecule has 1 fully saturated rings. The third kappa shape index (κ3) is 5.43. The lowest BCUT2D eigenvalue weighted by Crippen LogP contribution is -2.46. The van der Waals surface area contributed by atoms with Gasteiger partial charge in [0.1, 0.15) is 0 Å². The highest BCUT2D eigenvalue weighted by molar-refractivity contribution is 6.34. The summed E-state index contributed by atoms with van der Waals surface area (Å²) in [6.45, 7) is 5.38. The summed E-state index contributed by atoms with van der Waals surface area (Å²) in [5.41, 5.74) is 0.586. The molecular weight excluding hydrogens is 374 g/mol. The molecule has 1 aromatic rings. The fraction of sp³-hybridized carbons (Fsp3) is 0.444. The molecule has 0 bridgehead atoms. The maximum atomic E-state index is 12.3. The minimum absolute atomic E-state index is 0.0636. The van der Waals surface area contributed by atoms with Gasteiger partial charge in [-0.1, -0.05) is 11.6 Å². The molecule has 1 aliphatic rings. The second-order valence-corrected chi connectivity index (χ2v) is 6.89. The predicted molar refractivity (Wildman–Crippen MR) is 99.7 cm³/mol. The first-order valence-electron chi connectivity index (χ1n) is 8.61. The first-order chi connectivity index (χ1) is 12.7. The van der Waals surface area contributed by atoms with Crippen LogP contribution in [0, 0.1) is 0 Å². The monoisotopic (exact) mass is 395 g/mol. The number of benzene rings is 1. The summed E-state index contributed by atoms with van der Waals surface area (Å²) < 4.78 is 5.11. The van der Waals surface area contributed by atoms with Crippen molar-refractivity contribution in [2.24, 2.45) is 0 Å². The maximum Gasteiger partial charge on any atom is 0.338 e. The number of halogens is 1. The molecule has 0 unspecified atom stereocenters. The Labute approximate surface area is 162 Å². The van der Waals surface area contributed by atoms with Gasteiger partial charge in [-0.05, 0) is 45.4 Å². The molecule has 1 aromatic carbocycles. The van der Waals surface area contributed by atoms with E-state index in [4.69, 9.17) is 16.3 Å². The number of carbonyl (C=O) groups is 4. The summed E-state index contributed by atoms with van der Waals surface area (Å²) >= 11 is 6.15. The summed E-state index contributed by atoms with van der Waals surface area (Å²) in [5.74, 6) is -1.57. The third-order valence-corrected chi connectivity index (χ3v) is 4.18. The molecule has 2 N–H and O–H groups in total. The summed E-state index contributed by atoms with van der Waals surface area (Å²) in [6.07, 6.45) is -0.0249. The largest absolute Gasteiger partial charge is 0.449 e. The van der Waals surface area contributed by atoms with Crippen LogP contribution in [-0.2, 0) is 14.3 Å². The maximum absolute atomic E-state index is 12.3. The smallest absolute Gasteiger partial charge is 0.338 e. The molecule has 0 aromatic heterocycles. The molecule has 1 aliphatic heterocycles. The van der Waals surface area contributed by atoms with Gasteiger partial charge in [-0.15, -0.1) is 0 Å². The topological polar surface area (TPSA) is 105 Å². The van der Waals surface area contributed by atoms with Gasteiger partial charge >= 0.3 is 12.0 Å². The molecule has 1 heterocycles. The quantitative estimate of drug-likeness (QED) is 0.744. The minimum atomic E-state index is -1.18. The molecular formula is C18H22ClN3O5. The number of urea groups is 1. The number of hydrogen-bond acceptors (Lipinski definition) is 5. The van der Waals surface area contributed by atoms with E-state index >= 15 is 0 Å². The number of anilines is 1. The SMILES string of the molecule is CC(C)NC(=O)NC(=O)[C@H](C)OC(=O)c1ccc(Cl)c(N2CCCC2=O)c1. The molecule has 0 radical (unpaired) electrons. The van der Waals surface area contributed by atoms with E-state index in [0.29, 0.717) is 23.7 Å². The van der Waals surface area contributed by atoms with E-state index in [1.165, 1.54) is 30.0 Å². The van der Waals surface area contributed by atoms with Gasteiger partial charge in [0, 0.05) is 19.0 Å². The molecule has 0 saturated carbocycles. The summed E-state index contributed by atoms with van der Waals surface area (Å²) in [7, 11) is 0. The fourth-order valence-corrected chi connectivity index (χ4v) is 2.76. The van der Waals surface area contributed by atoms with Crippen LogP contribution in [0.2, 0.25) is 5.02 Å². The zero-order valence-corrected chi connectivity index (χ0v) is 16.1. The number of rotatable bonds is 5. The first-order valence-corrected chi connectivity index (χ1v) is 8.99. The van der Waals surface area contributed by atoms with Gasteiger partial charge in [0.05, 0.1) is 16.3 Å².